The van der Waals surface area contributed by atoms with Crippen molar-refractivity contribution in [2.75, 3.05) is 6.54 Å². The van der Waals surface area contributed by atoms with Gasteiger partial charge in [-0.05, 0) is 49.1 Å². The van der Waals surface area contributed by atoms with Gasteiger partial charge in [0.15, 0.2) is 0 Å². The molecule has 1 heterocycles. The van der Waals surface area contributed by atoms with Crippen LogP contribution in [0.4, 0.5) is 13.2 Å². The summed E-state index contributed by atoms with van der Waals surface area (Å²) in [6.07, 6.45) is 9.90. The summed E-state index contributed by atoms with van der Waals surface area (Å²) < 4.78 is 65.9. The molecule has 0 aliphatic carbocycles. The van der Waals surface area contributed by atoms with Gasteiger partial charge in [0.25, 0.3) is 0 Å². The number of unbranched alkanes of at least 4 members (excludes halogenated alkanes) is 9. The lowest BCUT2D eigenvalue weighted by Gasteiger charge is -2.07. The first-order valence-electron chi connectivity index (χ1n) is 11.8. The van der Waals surface area contributed by atoms with E-state index >= 15 is 0 Å². The van der Waals surface area contributed by atoms with Crippen molar-refractivity contribution in [1.29, 1.82) is 0 Å². The summed E-state index contributed by atoms with van der Waals surface area (Å²) in [4.78, 5) is 0.842. The Balaban J connectivity index is 1.66. The molecule has 0 fully saturated rings. The molecule has 0 saturated carbocycles. The number of hydrogen-bond donors (Lipinski definition) is 1. The zero-order chi connectivity index (χ0) is 24.2. The third kappa shape index (κ3) is 10.6. The molecule has 0 spiro atoms. The van der Waals surface area contributed by atoms with Gasteiger partial charge in [-0.1, -0.05) is 76.8 Å². The molecule has 0 bridgehead atoms. The number of halogens is 3. The molecule has 185 valence electrons. The van der Waals surface area contributed by atoms with E-state index in [1.165, 1.54) is 68.4 Å². The third-order valence-electron chi connectivity index (χ3n) is 5.50. The van der Waals surface area contributed by atoms with E-state index in [0.717, 1.165) is 36.3 Å². The molecule has 2 rings (SSSR count). The highest BCUT2D eigenvalue weighted by Crippen LogP contribution is 2.30. The monoisotopic (exact) mass is 502 g/mol. The highest BCUT2D eigenvalue weighted by atomic mass is 32.2. The largest absolute Gasteiger partial charge is 0.416 e. The van der Waals surface area contributed by atoms with Crippen LogP contribution in [0.2, 0.25) is 0 Å². The molecular formula is C25H35F3NO2S2. The first-order chi connectivity index (χ1) is 15.7. The Kier molecular flexibility index (Phi) is 11.9. The van der Waals surface area contributed by atoms with Crippen LogP contribution in [0.3, 0.4) is 0 Å². The van der Waals surface area contributed by atoms with Crippen LogP contribution in [0.15, 0.2) is 40.6 Å². The highest BCUT2D eigenvalue weighted by Gasteiger charge is 2.29. The van der Waals surface area contributed by atoms with Crippen LogP contribution >= 0.6 is 11.3 Å². The molecule has 0 amide bonds. The Labute approximate surface area is 200 Å². The van der Waals surface area contributed by atoms with Gasteiger partial charge in [0, 0.05) is 11.4 Å². The molecule has 0 aliphatic rings. The Morgan fingerprint density at radius 3 is 2.00 bits per heavy atom. The number of nitrogens with one attached hydrogen (secondary N) is 1. The second kappa shape index (κ2) is 14.1. The van der Waals surface area contributed by atoms with Crippen molar-refractivity contribution in [1.82, 2.24) is 4.72 Å². The zero-order valence-electron chi connectivity index (χ0n) is 19.3. The number of rotatable bonds is 16. The molecule has 3 nitrogen and oxygen atoms in total. The van der Waals surface area contributed by atoms with Crippen molar-refractivity contribution >= 4 is 21.4 Å². The lowest BCUT2D eigenvalue weighted by Crippen LogP contribution is -2.23. The zero-order valence-corrected chi connectivity index (χ0v) is 20.9. The van der Waals surface area contributed by atoms with E-state index in [1.807, 2.05) is 0 Å². The Hall–Kier alpha value is -1.38. The second-order valence-corrected chi connectivity index (χ2v) is 11.5. The molecule has 8 heteroatoms. The fraction of sp³-hybridized carbons (Fsp3) is 0.560. The van der Waals surface area contributed by atoms with Crippen LogP contribution in [-0.2, 0) is 22.6 Å². The topological polar surface area (TPSA) is 46.2 Å². The molecule has 1 aromatic carbocycles. The quantitative estimate of drug-likeness (QED) is 0.238. The normalized spacial score (nSPS) is 12.4. The highest BCUT2D eigenvalue weighted by molar-refractivity contribution is 7.91. The molecule has 0 saturated heterocycles. The van der Waals surface area contributed by atoms with Crippen molar-refractivity contribution < 1.29 is 21.6 Å². The number of hydrogen-bond acceptors (Lipinski definition) is 3. The van der Waals surface area contributed by atoms with Crippen LogP contribution < -0.4 is 4.72 Å². The van der Waals surface area contributed by atoms with Crippen LogP contribution in [-0.4, -0.2) is 15.0 Å². The molecule has 0 unspecified atom stereocenters. The Morgan fingerprint density at radius 1 is 0.848 bits per heavy atom. The van der Waals surface area contributed by atoms with Crippen molar-refractivity contribution in [3.8, 4) is 0 Å². The van der Waals surface area contributed by atoms with E-state index in [-0.39, 0.29) is 4.21 Å². The lowest BCUT2D eigenvalue weighted by atomic mass is 10.1. The molecular weight excluding hydrogens is 467 g/mol. The smallest absolute Gasteiger partial charge is 0.210 e. The van der Waals surface area contributed by atoms with Gasteiger partial charge in [-0.3, -0.25) is 0 Å². The minimum Gasteiger partial charge on any atom is -0.210 e. The first kappa shape index (κ1) is 27.9. The predicted molar refractivity (Wildman–Crippen MR) is 130 cm³/mol. The maximum Gasteiger partial charge on any atom is 0.416 e. The van der Waals surface area contributed by atoms with Crippen LogP contribution in [0.5, 0.6) is 0 Å². The van der Waals surface area contributed by atoms with Gasteiger partial charge < -0.3 is 0 Å². The van der Waals surface area contributed by atoms with E-state index in [1.54, 1.807) is 18.6 Å². The van der Waals surface area contributed by atoms with Crippen molar-refractivity contribution in [2.45, 2.75) is 87.9 Å². The van der Waals surface area contributed by atoms with Gasteiger partial charge in [0.2, 0.25) is 10.0 Å². The number of alkyl halides is 3. The van der Waals surface area contributed by atoms with Gasteiger partial charge in [-0.2, -0.15) is 13.2 Å². The standard InChI is InChI=1S/C25H35F3NO2S2/c1-2-3-4-5-6-7-8-9-10-11-20-29-33(30,31)24-19-18-23(32-24)17-14-21-12-15-22(16-13-21)25(26,27)28/h12-16,18-19,29H,2-11,17,20H2,1H3. The maximum absolute atomic E-state index is 12.6. The van der Waals surface area contributed by atoms with Crippen LogP contribution in [0.25, 0.3) is 0 Å². The third-order valence-corrected chi connectivity index (χ3v) is 8.56. The fourth-order valence-electron chi connectivity index (χ4n) is 3.53. The summed E-state index contributed by atoms with van der Waals surface area (Å²) in [5.41, 5.74) is -0.0162. The van der Waals surface area contributed by atoms with Crippen LogP contribution in [0.1, 0.15) is 87.1 Å². The summed E-state index contributed by atoms with van der Waals surface area (Å²) >= 11 is 1.19. The van der Waals surface area contributed by atoms with Gasteiger partial charge in [0.1, 0.15) is 4.21 Å². The summed E-state index contributed by atoms with van der Waals surface area (Å²) in [7, 11) is -3.53. The SMILES string of the molecule is CCCCCCCCCCCCNS(=O)(=O)c1ccc(C[CH]c2ccc(C(F)(F)F)cc2)s1. The first-order valence-corrected chi connectivity index (χ1v) is 14.1. The summed E-state index contributed by atoms with van der Waals surface area (Å²) in [6.45, 7) is 2.65. The summed E-state index contributed by atoms with van der Waals surface area (Å²) in [5.74, 6) is 0. The molecule has 0 aliphatic heterocycles. The summed E-state index contributed by atoms with van der Waals surface area (Å²) in [6, 6.07) is 8.27. The minimum atomic E-state index is -4.35. The van der Waals surface area contributed by atoms with Gasteiger partial charge >= 0.3 is 6.18 Å². The van der Waals surface area contributed by atoms with Gasteiger partial charge in [-0.25, -0.2) is 13.1 Å². The van der Waals surface area contributed by atoms with E-state index < -0.39 is 21.8 Å². The Morgan fingerprint density at radius 2 is 1.42 bits per heavy atom. The Bertz CT molecular complexity index is 906. The molecule has 1 aromatic heterocycles. The van der Waals surface area contributed by atoms with E-state index in [0.29, 0.717) is 18.5 Å². The van der Waals surface area contributed by atoms with E-state index in [2.05, 4.69) is 11.6 Å². The maximum atomic E-state index is 12.6. The van der Waals surface area contributed by atoms with Crippen molar-refractivity contribution in [3.05, 3.63) is 58.8 Å². The lowest BCUT2D eigenvalue weighted by molar-refractivity contribution is -0.137. The number of thiophene rings is 1. The number of benzene rings is 1. The fourth-order valence-corrected chi connectivity index (χ4v) is 5.97. The van der Waals surface area contributed by atoms with Gasteiger partial charge in [0.05, 0.1) is 5.56 Å². The van der Waals surface area contributed by atoms with E-state index in [9.17, 15) is 21.6 Å². The van der Waals surface area contributed by atoms with Gasteiger partial charge in [-0.15, -0.1) is 11.3 Å². The predicted octanol–water partition coefficient (Wildman–Crippen LogP) is 7.76. The van der Waals surface area contributed by atoms with Crippen molar-refractivity contribution in [3.63, 3.8) is 0 Å². The second-order valence-electron chi connectivity index (χ2n) is 8.33. The number of sulfonamides is 1. The average molecular weight is 503 g/mol. The molecule has 2 aromatic rings. The molecule has 1 radical (unpaired) electrons. The molecule has 0 atom stereocenters. The molecule has 1 N–H and O–H groups in total. The van der Waals surface area contributed by atoms with E-state index in [4.69, 9.17) is 0 Å². The van der Waals surface area contributed by atoms with Crippen molar-refractivity contribution in [2.24, 2.45) is 0 Å². The average Bonchev–Trinajstić information content (AvgIpc) is 3.26. The van der Waals surface area contributed by atoms with Crippen LogP contribution in [0, 0.1) is 6.42 Å². The molecule has 33 heavy (non-hydrogen) atoms. The minimum absolute atomic E-state index is 0.269. The summed E-state index contributed by atoms with van der Waals surface area (Å²) in [5, 5.41) is 0.